The van der Waals surface area contributed by atoms with Crippen LogP contribution in [0.4, 0.5) is 0 Å². The Bertz CT molecular complexity index is 95.0. The third-order valence-corrected chi connectivity index (χ3v) is 0.629. The summed E-state index contributed by atoms with van der Waals surface area (Å²) >= 11 is 0. The quantitative estimate of drug-likeness (QED) is 0.372. The number of carbonyl (C=O) groups is 1. The van der Waals surface area contributed by atoms with Crippen LogP contribution in [0.25, 0.3) is 0 Å². The predicted molar refractivity (Wildman–Crippen MR) is 39.4 cm³/mol. The van der Waals surface area contributed by atoms with Crippen LogP contribution < -0.4 is 11.1 Å². The van der Waals surface area contributed by atoms with Crippen molar-refractivity contribution in [3.05, 3.63) is 12.7 Å². The second-order valence-electron chi connectivity index (χ2n) is 1.30. The molecule has 0 aromatic rings. The van der Waals surface area contributed by atoms with E-state index in [4.69, 9.17) is 5.73 Å². The van der Waals surface area contributed by atoms with Gasteiger partial charge in [-0.15, -0.1) is 6.58 Å². The Kier molecular flexibility index (Phi) is 10.8. The average Bonchev–Trinajstić information content (AvgIpc) is 1.83. The molecule has 0 saturated carbocycles. The number of amides is 1. The van der Waals surface area contributed by atoms with Crippen molar-refractivity contribution in [3.8, 4) is 0 Å². The minimum absolute atomic E-state index is 0. The maximum atomic E-state index is 10.3. The zero-order chi connectivity index (χ0) is 6.41. The predicted octanol–water partition coefficient (Wildman–Crippen LogP) is -1.40. The monoisotopic (exact) mass is 138 g/mol. The van der Waals surface area contributed by atoms with Crippen LogP contribution in [0.5, 0.6) is 0 Å². The van der Waals surface area contributed by atoms with Crippen LogP contribution in [0.15, 0.2) is 12.7 Å². The Morgan fingerprint density at radius 1 is 1.78 bits per heavy atom. The molecule has 0 atom stereocenters. The van der Waals surface area contributed by atoms with Gasteiger partial charge in [0.25, 0.3) is 0 Å². The molecule has 0 unspecified atom stereocenters. The van der Waals surface area contributed by atoms with Gasteiger partial charge in [-0.3, -0.25) is 4.79 Å². The van der Waals surface area contributed by atoms with Gasteiger partial charge in [0.15, 0.2) is 0 Å². The molecule has 0 saturated heterocycles. The Morgan fingerprint density at radius 2 is 2.33 bits per heavy atom. The van der Waals surface area contributed by atoms with Crippen molar-refractivity contribution in [3.63, 3.8) is 0 Å². The number of carbonyl (C=O) groups excluding carboxylic acids is 1. The van der Waals surface area contributed by atoms with Crippen LogP contribution in [0.2, 0.25) is 0 Å². The molecular formula is C5H11N2NaO. The topological polar surface area (TPSA) is 55.1 Å². The fourth-order valence-electron chi connectivity index (χ4n) is 0.258. The van der Waals surface area contributed by atoms with Crippen LogP contribution in [0.1, 0.15) is 0 Å². The first kappa shape index (κ1) is 11.9. The molecule has 0 aliphatic rings. The molecule has 0 fully saturated rings. The third kappa shape index (κ3) is 8.17. The van der Waals surface area contributed by atoms with E-state index in [1.165, 1.54) is 0 Å². The molecule has 0 aromatic carbocycles. The summed E-state index contributed by atoms with van der Waals surface area (Å²) in [6, 6.07) is 0. The first-order chi connectivity index (χ1) is 3.81. The van der Waals surface area contributed by atoms with E-state index in [2.05, 4.69) is 11.9 Å². The van der Waals surface area contributed by atoms with Gasteiger partial charge in [-0.1, -0.05) is 6.08 Å². The van der Waals surface area contributed by atoms with E-state index in [0.29, 0.717) is 6.54 Å². The van der Waals surface area contributed by atoms with Crippen molar-refractivity contribution >= 4 is 35.5 Å². The Morgan fingerprint density at radius 3 is 2.67 bits per heavy atom. The fourth-order valence-corrected chi connectivity index (χ4v) is 0.258. The van der Waals surface area contributed by atoms with Gasteiger partial charge >= 0.3 is 29.6 Å². The number of nitrogens with one attached hydrogen (secondary N) is 1. The van der Waals surface area contributed by atoms with Gasteiger partial charge < -0.3 is 11.1 Å². The minimum atomic E-state index is -0.148. The van der Waals surface area contributed by atoms with E-state index in [1.54, 1.807) is 6.08 Å². The second-order valence-corrected chi connectivity index (χ2v) is 1.30. The molecule has 0 heterocycles. The van der Waals surface area contributed by atoms with Gasteiger partial charge in [0.2, 0.25) is 5.91 Å². The zero-order valence-electron chi connectivity index (χ0n) is 4.68. The van der Waals surface area contributed by atoms with Crippen LogP contribution in [-0.4, -0.2) is 48.6 Å². The molecule has 0 aliphatic carbocycles. The van der Waals surface area contributed by atoms with Gasteiger partial charge in [0.05, 0.1) is 6.54 Å². The summed E-state index contributed by atoms with van der Waals surface area (Å²) in [6.45, 7) is 3.96. The Hall–Kier alpha value is 0.170. The summed E-state index contributed by atoms with van der Waals surface area (Å²) in [7, 11) is 0. The van der Waals surface area contributed by atoms with Gasteiger partial charge in [-0.25, -0.2) is 0 Å². The molecule has 0 rings (SSSR count). The summed E-state index contributed by atoms with van der Waals surface area (Å²) in [5.41, 5.74) is 4.97. The first-order valence-corrected chi connectivity index (χ1v) is 2.39. The van der Waals surface area contributed by atoms with E-state index in [0.717, 1.165) is 0 Å². The number of rotatable bonds is 3. The van der Waals surface area contributed by atoms with E-state index in [9.17, 15) is 4.79 Å². The molecule has 0 aromatic heterocycles. The van der Waals surface area contributed by atoms with Crippen molar-refractivity contribution < 1.29 is 4.79 Å². The molecule has 0 aliphatic heterocycles. The Labute approximate surface area is 77.0 Å². The molecule has 4 heteroatoms. The number of hydrogen-bond donors (Lipinski definition) is 2. The van der Waals surface area contributed by atoms with Gasteiger partial charge in [0, 0.05) is 6.54 Å². The molecule has 0 bridgehead atoms. The second kappa shape index (κ2) is 8.17. The first-order valence-electron chi connectivity index (χ1n) is 2.39. The van der Waals surface area contributed by atoms with Crippen molar-refractivity contribution in [2.45, 2.75) is 0 Å². The third-order valence-electron chi connectivity index (χ3n) is 0.629. The SMILES string of the molecule is C=CCNC(=O)CN.[NaH]. The van der Waals surface area contributed by atoms with E-state index >= 15 is 0 Å². The van der Waals surface area contributed by atoms with Crippen molar-refractivity contribution in [2.75, 3.05) is 13.1 Å². The van der Waals surface area contributed by atoms with Gasteiger partial charge in [-0.2, -0.15) is 0 Å². The van der Waals surface area contributed by atoms with E-state index < -0.39 is 0 Å². The van der Waals surface area contributed by atoms with Crippen molar-refractivity contribution in [1.29, 1.82) is 0 Å². The van der Waals surface area contributed by atoms with Crippen LogP contribution in [0.3, 0.4) is 0 Å². The Balaban J connectivity index is 0. The van der Waals surface area contributed by atoms with E-state index in [-0.39, 0.29) is 42.0 Å². The fraction of sp³-hybridized carbons (Fsp3) is 0.400. The zero-order valence-corrected chi connectivity index (χ0v) is 4.68. The number of hydrogen-bond acceptors (Lipinski definition) is 2. The molecule has 48 valence electrons. The maximum absolute atomic E-state index is 10.3. The van der Waals surface area contributed by atoms with Gasteiger partial charge in [-0.05, 0) is 0 Å². The molecule has 1 amide bonds. The summed E-state index contributed by atoms with van der Waals surface area (Å²) in [6.07, 6.45) is 1.60. The van der Waals surface area contributed by atoms with Crippen molar-refractivity contribution in [1.82, 2.24) is 5.32 Å². The van der Waals surface area contributed by atoms with Crippen LogP contribution >= 0.6 is 0 Å². The number of nitrogens with two attached hydrogens (primary N) is 1. The molecule has 0 radical (unpaired) electrons. The summed E-state index contributed by atoms with van der Waals surface area (Å²) < 4.78 is 0. The standard InChI is InChI=1S/C5H10N2O.Na.H/c1-2-3-7-5(8)4-6;;/h2H,1,3-4,6H2,(H,7,8);;. The summed E-state index contributed by atoms with van der Waals surface area (Å²) in [4.78, 5) is 10.3. The normalized spacial score (nSPS) is 7.22. The van der Waals surface area contributed by atoms with Crippen LogP contribution in [-0.2, 0) is 4.79 Å². The van der Waals surface area contributed by atoms with E-state index in [1.807, 2.05) is 0 Å². The molecule has 3 nitrogen and oxygen atoms in total. The molecule has 0 spiro atoms. The summed E-state index contributed by atoms with van der Waals surface area (Å²) in [5, 5.41) is 2.50. The van der Waals surface area contributed by atoms with Crippen LogP contribution in [0, 0.1) is 0 Å². The molecule has 3 N–H and O–H groups in total. The summed E-state index contributed by atoms with van der Waals surface area (Å²) in [5.74, 6) is -0.148. The van der Waals surface area contributed by atoms with Crippen molar-refractivity contribution in [2.24, 2.45) is 5.73 Å². The molecule has 9 heavy (non-hydrogen) atoms. The van der Waals surface area contributed by atoms with Gasteiger partial charge in [0.1, 0.15) is 0 Å². The molecular weight excluding hydrogens is 127 g/mol. The average molecular weight is 138 g/mol.